The van der Waals surface area contributed by atoms with Crippen LogP contribution >= 0.6 is 0 Å². The molecule has 0 radical (unpaired) electrons. The fourth-order valence-electron chi connectivity index (χ4n) is 3.61. The van der Waals surface area contributed by atoms with Crippen LogP contribution in [0.15, 0.2) is 66.9 Å². The highest BCUT2D eigenvalue weighted by molar-refractivity contribution is 5.94. The maximum atomic E-state index is 12.6. The minimum absolute atomic E-state index is 0.00877. The largest absolute Gasteiger partial charge is 0.439 e. The Bertz CT molecular complexity index is 934. The van der Waals surface area contributed by atoms with Crippen LogP contribution in [0.1, 0.15) is 48.9 Å². The Kier molecular flexibility index (Phi) is 6.15. The number of aromatic nitrogens is 2. The van der Waals surface area contributed by atoms with Gasteiger partial charge >= 0.3 is 0 Å². The number of carbonyl (C=O) groups is 1. The molecule has 1 saturated carbocycles. The standard InChI is InChI=1S/C24H25N3O2/c28-24(26-20-8-4-1-2-5-9-20)19-14-12-18(13-15-19)23-25-17-16-22(27-23)29-21-10-6-3-7-11-21/h3,6-7,10-17,20H,1-2,4-5,8-9H2,(H,26,28). The van der Waals surface area contributed by atoms with Crippen LogP contribution in [0.5, 0.6) is 11.6 Å². The first kappa shape index (κ1) is 19.1. The van der Waals surface area contributed by atoms with Crippen molar-refractivity contribution >= 4 is 5.91 Å². The van der Waals surface area contributed by atoms with Crippen LogP contribution in [-0.4, -0.2) is 21.9 Å². The molecule has 5 heteroatoms. The topological polar surface area (TPSA) is 64.1 Å². The van der Waals surface area contributed by atoms with Crippen molar-refractivity contribution in [2.24, 2.45) is 0 Å². The molecule has 4 rings (SSSR count). The molecule has 1 aliphatic carbocycles. The molecule has 2 aromatic carbocycles. The Morgan fingerprint density at radius 2 is 1.62 bits per heavy atom. The monoisotopic (exact) mass is 387 g/mol. The van der Waals surface area contributed by atoms with E-state index in [4.69, 9.17) is 4.74 Å². The predicted molar refractivity (Wildman–Crippen MR) is 113 cm³/mol. The van der Waals surface area contributed by atoms with Gasteiger partial charge in [0.1, 0.15) is 5.75 Å². The minimum Gasteiger partial charge on any atom is -0.439 e. The normalized spacial score (nSPS) is 14.8. The van der Waals surface area contributed by atoms with Crippen molar-refractivity contribution in [2.75, 3.05) is 0 Å². The van der Waals surface area contributed by atoms with Gasteiger partial charge in [-0.05, 0) is 37.1 Å². The number of para-hydroxylation sites is 1. The maximum Gasteiger partial charge on any atom is 0.251 e. The molecule has 0 atom stereocenters. The number of amides is 1. The lowest BCUT2D eigenvalue weighted by atomic mass is 10.1. The molecule has 1 heterocycles. The summed E-state index contributed by atoms with van der Waals surface area (Å²) < 4.78 is 5.78. The number of rotatable bonds is 5. The zero-order valence-corrected chi connectivity index (χ0v) is 16.4. The van der Waals surface area contributed by atoms with Gasteiger partial charge in [-0.3, -0.25) is 4.79 Å². The third kappa shape index (κ3) is 5.19. The van der Waals surface area contributed by atoms with Gasteiger partial charge in [0.2, 0.25) is 5.88 Å². The second-order valence-corrected chi connectivity index (χ2v) is 7.37. The van der Waals surface area contributed by atoms with Gasteiger partial charge in [-0.1, -0.05) is 56.0 Å². The molecule has 1 amide bonds. The molecule has 0 spiro atoms. The van der Waals surface area contributed by atoms with E-state index in [1.165, 1.54) is 25.7 Å². The van der Waals surface area contributed by atoms with E-state index in [0.29, 0.717) is 23.3 Å². The highest BCUT2D eigenvalue weighted by Gasteiger charge is 2.16. The Labute approximate surface area is 171 Å². The summed E-state index contributed by atoms with van der Waals surface area (Å²) in [6.07, 6.45) is 8.76. The third-order valence-corrected chi connectivity index (χ3v) is 5.19. The molecule has 0 saturated heterocycles. The zero-order valence-electron chi connectivity index (χ0n) is 16.4. The Morgan fingerprint density at radius 1 is 0.897 bits per heavy atom. The van der Waals surface area contributed by atoms with Crippen molar-refractivity contribution in [3.63, 3.8) is 0 Å². The first-order valence-corrected chi connectivity index (χ1v) is 10.3. The second-order valence-electron chi connectivity index (χ2n) is 7.37. The van der Waals surface area contributed by atoms with E-state index in [2.05, 4.69) is 15.3 Å². The third-order valence-electron chi connectivity index (χ3n) is 5.19. The summed E-state index contributed by atoms with van der Waals surface area (Å²) >= 11 is 0. The van der Waals surface area contributed by atoms with Gasteiger partial charge < -0.3 is 10.1 Å². The average Bonchev–Trinajstić information content (AvgIpc) is 3.03. The van der Waals surface area contributed by atoms with Crippen LogP contribution in [0.3, 0.4) is 0 Å². The van der Waals surface area contributed by atoms with Crippen molar-refractivity contribution in [1.29, 1.82) is 0 Å². The van der Waals surface area contributed by atoms with E-state index < -0.39 is 0 Å². The van der Waals surface area contributed by atoms with Crippen LogP contribution < -0.4 is 10.1 Å². The van der Waals surface area contributed by atoms with E-state index in [0.717, 1.165) is 24.2 Å². The summed E-state index contributed by atoms with van der Waals surface area (Å²) in [5, 5.41) is 3.18. The van der Waals surface area contributed by atoms with E-state index in [1.54, 1.807) is 12.3 Å². The zero-order chi connectivity index (χ0) is 19.9. The molecule has 1 N–H and O–H groups in total. The molecule has 1 aromatic heterocycles. The predicted octanol–water partition coefficient (Wildman–Crippen LogP) is 5.39. The SMILES string of the molecule is O=C(NC1CCCCCC1)c1ccc(-c2nccc(Oc3ccccc3)n2)cc1. The van der Waals surface area contributed by atoms with Crippen molar-refractivity contribution in [3.8, 4) is 23.0 Å². The summed E-state index contributed by atoms with van der Waals surface area (Å²) in [5.41, 5.74) is 1.50. The van der Waals surface area contributed by atoms with Gasteiger partial charge in [0, 0.05) is 29.4 Å². The van der Waals surface area contributed by atoms with Gasteiger partial charge in [-0.25, -0.2) is 4.98 Å². The Morgan fingerprint density at radius 3 is 2.34 bits per heavy atom. The number of benzene rings is 2. The molecule has 0 unspecified atom stereocenters. The van der Waals surface area contributed by atoms with Gasteiger partial charge in [0.25, 0.3) is 5.91 Å². The van der Waals surface area contributed by atoms with Gasteiger partial charge in [-0.2, -0.15) is 4.98 Å². The van der Waals surface area contributed by atoms with E-state index >= 15 is 0 Å². The summed E-state index contributed by atoms with van der Waals surface area (Å²) in [6, 6.07) is 19.0. The number of nitrogens with zero attached hydrogens (tertiary/aromatic N) is 2. The summed E-state index contributed by atoms with van der Waals surface area (Å²) in [5.74, 6) is 1.76. The van der Waals surface area contributed by atoms with Gasteiger partial charge in [0.15, 0.2) is 5.82 Å². The van der Waals surface area contributed by atoms with Gasteiger partial charge in [-0.15, -0.1) is 0 Å². The Hall–Kier alpha value is -3.21. The summed E-state index contributed by atoms with van der Waals surface area (Å²) in [6.45, 7) is 0. The van der Waals surface area contributed by atoms with Crippen LogP contribution in [0.2, 0.25) is 0 Å². The molecule has 3 aromatic rings. The molecular formula is C24H25N3O2. The fraction of sp³-hybridized carbons (Fsp3) is 0.292. The van der Waals surface area contributed by atoms with Crippen molar-refractivity contribution in [2.45, 2.75) is 44.6 Å². The quantitative estimate of drug-likeness (QED) is 0.596. The lowest BCUT2D eigenvalue weighted by Gasteiger charge is -2.16. The van der Waals surface area contributed by atoms with Crippen LogP contribution in [0, 0.1) is 0 Å². The van der Waals surface area contributed by atoms with E-state index in [9.17, 15) is 4.79 Å². The van der Waals surface area contributed by atoms with Crippen LogP contribution in [-0.2, 0) is 0 Å². The number of carbonyl (C=O) groups excluding carboxylic acids is 1. The first-order valence-electron chi connectivity index (χ1n) is 10.3. The van der Waals surface area contributed by atoms with Crippen molar-refractivity contribution in [3.05, 3.63) is 72.4 Å². The molecule has 0 bridgehead atoms. The number of ether oxygens (including phenoxy) is 1. The molecule has 5 nitrogen and oxygen atoms in total. The minimum atomic E-state index is -0.00877. The highest BCUT2D eigenvalue weighted by Crippen LogP contribution is 2.22. The molecule has 148 valence electrons. The fourth-order valence-corrected chi connectivity index (χ4v) is 3.61. The van der Waals surface area contributed by atoms with Crippen molar-refractivity contribution < 1.29 is 9.53 Å². The first-order chi connectivity index (χ1) is 14.3. The lowest BCUT2D eigenvalue weighted by Crippen LogP contribution is -2.34. The Balaban J connectivity index is 1.43. The molecule has 29 heavy (non-hydrogen) atoms. The summed E-state index contributed by atoms with van der Waals surface area (Å²) in [4.78, 5) is 21.4. The molecule has 1 aliphatic rings. The van der Waals surface area contributed by atoms with Crippen LogP contribution in [0.4, 0.5) is 0 Å². The highest BCUT2D eigenvalue weighted by atomic mass is 16.5. The second kappa shape index (κ2) is 9.32. The van der Waals surface area contributed by atoms with Gasteiger partial charge in [0.05, 0.1) is 0 Å². The lowest BCUT2D eigenvalue weighted by molar-refractivity contribution is 0.0933. The van der Waals surface area contributed by atoms with Crippen LogP contribution in [0.25, 0.3) is 11.4 Å². The number of hydrogen-bond acceptors (Lipinski definition) is 4. The number of hydrogen-bond donors (Lipinski definition) is 1. The van der Waals surface area contributed by atoms with Crippen molar-refractivity contribution in [1.82, 2.24) is 15.3 Å². The maximum absolute atomic E-state index is 12.6. The molecular weight excluding hydrogens is 362 g/mol. The molecule has 1 fully saturated rings. The summed E-state index contributed by atoms with van der Waals surface area (Å²) in [7, 11) is 0. The van der Waals surface area contributed by atoms with E-state index in [-0.39, 0.29) is 5.91 Å². The van der Waals surface area contributed by atoms with E-state index in [1.807, 2.05) is 54.6 Å². The average molecular weight is 387 g/mol. The molecule has 0 aliphatic heterocycles. The number of nitrogens with one attached hydrogen (secondary N) is 1. The smallest absolute Gasteiger partial charge is 0.251 e.